The van der Waals surface area contributed by atoms with E-state index in [0.717, 1.165) is 18.5 Å². The van der Waals surface area contributed by atoms with Crippen molar-refractivity contribution in [1.29, 1.82) is 0 Å². The van der Waals surface area contributed by atoms with E-state index in [4.69, 9.17) is 14.2 Å². The number of methoxy groups -OCH3 is 3. The highest BCUT2D eigenvalue weighted by molar-refractivity contribution is 5.96. The van der Waals surface area contributed by atoms with Gasteiger partial charge in [-0.05, 0) is 37.1 Å². The van der Waals surface area contributed by atoms with Crippen LogP contribution in [0, 0.1) is 0 Å². The fourth-order valence-electron chi connectivity index (χ4n) is 3.26. The molecule has 1 fully saturated rings. The van der Waals surface area contributed by atoms with Gasteiger partial charge in [0.15, 0.2) is 11.5 Å². The van der Waals surface area contributed by atoms with Crippen molar-refractivity contribution in [2.24, 2.45) is 0 Å². The average molecular weight is 342 g/mol. The average Bonchev–Trinajstić information content (AvgIpc) is 3.16. The first-order chi connectivity index (χ1) is 12.2. The van der Waals surface area contributed by atoms with Gasteiger partial charge < -0.3 is 19.1 Å². The Hall–Kier alpha value is -2.76. The largest absolute Gasteiger partial charge is 0.493 e. The Morgan fingerprint density at radius 2 is 1.84 bits per heavy atom. The Bertz CT molecular complexity index is 723. The van der Waals surface area contributed by atoms with Crippen LogP contribution in [0.4, 0.5) is 0 Å². The minimum absolute atomic E-state index is 0.00667. The summed E-state index contributed by atoms with van der Waals surface area (Å²) in [5, 5.41) is 0. The molecule has 1 amide bonds. The standard InChI is InChI=1S/C19H22N2O4/c1-23-16-11-13(12-17(24-2)18(16)25-3)19(22)21-10-6-8-15(21)14-7-4-5-9-20-14/h4-5,7,9,11-12,15H,6,8,10H2,1-3H3. The number of carbonyl (C=O) groups is 1. The highest BCUT2D eigenvalue weighted by Crippen LogP contribution is 2.40. The maximum atomic E-state index is 13.1. The van der Waals surface area contributed by atoms with Crippen LogP contribution in [0.2, 0.25) is 0 Å². The summed E-state index contributed by atoms with van der Waals surface area (Å²) in [6.45, 7) is 0.705. The van der Waals surface area contributed by atoms with Crippen molar-refractivity contribution in [3.8, 4) is 17.2 Å². The lowest BCUT2D eigenvalue weighted by Gasteiger charge is -2.25. The number of aromatic nitrogens is 1. The number of likely N-dealkylation sites (tertiary alicyclic amines) is 1. The molecule has 1 aliphatic rings. The number of hydrogen-bond acceptors (Lipinski definition) is 5. The lowest BCUT2D eigenvalue weighted by Crippen LogP contribution is -2.31. The van der Waals surface area contributed by atoms with E-state index >= 15 is 0 Å². The number of benzene rings is 1. The van der Waals surface area contributed by atoms with E-state index in [1.807, 2.05) is 23.1 Å². The molecule has 0 aliphatic carbocycles. The third kappa shape index (κ3) is 3.24. The van der Waals surface area contributed by atoms with Crippen molar-refractivity contribution in [3.05, 3.63) is 47.8 Å². The van der Waals surface area contributed by atoms with Crippen molar-refractivity contribution < 1.29 is 19.0 Å². The summed E-state index contributed by atoms with van der Waals surface area (Å²) in [6, 6.07) is 9.17. The van der Waals surface area contributed by atoms with E-state index in [-0.39, 0.29) is 11.9 Å². The van der Waals surface area contributed by atoms with Gasteiger partial charge in [-0.2, -0.15) is 0 Å². The number of pyridine rings is 1. The Balaban J connectivity index is 1.95. The summed E-state index contributed by atoms with van der Waals surface area (Å²) in [6.07, 6.45) is 3.63. The third-order valence-electron chi connectivity index (χ3n) is 4.45. The second kappa shape index (κ2) is 7.42. The molecule has 25 heavy (non-hydrogen) atoms. The summed E-state index contributed by atoms with van der Waals surface area (Å²) in [7, 11) is 4.62. The van der Waals surface area contributed by atoms with Gasteiger partial charge in [0.25, 0.3) is 5.91 Å². The SMILES string of the molecule is COc1cc(C(=O)N2CCCC2c2ccccn2)cc(OC)c1OC. The molecule has 1 saturated heterocycles. The van der Waals surface area contributed by atoms with Gasteiger partial charge in [-0.1, -0.05) is 6.07 Å². The molecule has 0 bridgehead atoms. The lowest BCUT2D eigenvalue weighted by molar-refractivity contribution is 0.0732. The normalized spacial score (nSPS) is 16.6. The van der Waals surface area contributed by atoms with Gasteiger partial charge in [-0.15, -0.1) is 0 Å². The zero-order valence-electron chi connectivity index (χ0n) is 14.7. The van der Waals surface area contributed by atoms with E-state index in [9.17, 15) is 4.79 Å². The molecule has 1 unspecified atom stereocenters. The molecule has 2 aromatic rings. The Labute approximate surface area is 147 Å². The van der Waals surface area contributed by atoms with E-state index < -0.39 is 0 Å². The molecule has 1 aromatic carbocycles. The maximum Gasteiger partial charge on any atom is 0.254 e. The van der Waals surface area contributed by atoms with Crippen molar-refractivity contribution >= 4 is 5.91 Å². The van der Waals surface area contributed by atoms with E-state index in [0.29, 0.717) is 29.4 Å². The van der Waals surface area contributed by atoms with Crippen molar-refractivity contribution in [2.45, 2.75) is 18.9 Å². The monoisotopic (exact) mass is 342 g/mol. The van der Waals surface area contributed by atoms with Crippen LogP contribution in [0.15, 0.2) is 36.5 Å². The first-order valence-electron chi connectivity index (χ1n) is 8.21. The summed E-state index contributed by atoms with van der Waals surface area (Å²) < 4.78 is 16.0. The lowest BCUT2D eigenvalue weighted by atomic mass is 10.1. The smallest absolute Gasteiger partial charge is 0.254 e. The van der Waals surface area contributed by atoms with Crippen LogP contribution < -0.4 is 14.2 Å². The second-order valence-electron chi connectivity index (χ2n) is 5.83. The Kier molecular flexibility index (Phi) is 5.07. The maximum absolute atomic E-state index is 13.1. The molecule has 1 aliphatic heterocycles. The molecule has 2 heterocycles. The fraction of sp³-hybridized carbons (Fsp3) is 0.368. The Morgan fingerprint density at radius 3 is 2.40 bits per heavy atom. The van der Waals surface area contributed by atoms with Crippen LogP contribution in [0.25, 0.3) is 0 Å². The van der Waals surface area contributed by atoms with E-state index in [1.54, 1.807) is 25.4 Å². The zero-order chi connectivity index (χ0) is 17.8. The second-order valence-corrected chi connectivity index (χ2v) is 5.83. The van der Waals surface area contributed by atoms with Gasteiger partial charge in [0.05, 0.1) is 33.1 Å². The molecule has 0 radical (unpaired) electrons. The number of amides is 1. The summed E-state index contributed by atoms with van der Waals surface area (Å²) in [5.74, 6) is 1.36. The molecule has 6 nitrogen and oxygen atoms in total. The van der Waals surface area contributed by atoms with Crippen molar-refractivity contribution in [2.75, 3.05) is 27.9 Å². The van der Waals surface area contributed by atoms with E-state index in [1.165, 1.54) is 14.2 Å². The van der Waals surface area contributed by atoms with E-state index in [2.05, 4.69) is 4.98 Å². The molecule has 6 heteroatoms. The predicted octanol–water partition coefficient (Wildman–Crippen LogP) is 3.08. The molecule has 0 N–H and O–H groups in total. The van der Waals surface area contributed by atoms with Crippen LogP contribution in [0.5, 0.6) is 17.2 Å². The molecular weight excluding hydrogens is 320 g/mol. The molecule has 132 valence electrons. The zero-order valence-corrected chi connectivity index (χ0v) is 14.7. The van der Waals surface area contributed by atoms with Crippen LogP contribution in [0.1, 0.15) is 34.9 Å². The molecule has 1 atom stereocenters. The molecular formula is C19H22N2O4. The molecule has 0 spiro atoms. The van der Waals surface area contributed by atoms with Crippen LogP contribution in [0.3, 0.4) is 0 Å². The number of carbonyl (C=O) groups excluding carboxylic acids is 1. The first-order valence-corrected chi connectivity index (χ1v) is 8.21. The molecule has 3 rings (SSSR count). The molecule has 0 saturated carbocycles. The first kappa shape index (κ1) is 17.1. The highest BCUT2D eigenvalue weighted by Gasteiger charge is 2.32. The van der Waals surface area contributed by atoms with Gasteiger partial charge in [0, 0.05) is 18.3 Å². The third-order valence-corrected chi connectivity index (χ3v) is 4.45. The quantitative estimate of drug-likeness (QED) is 0.836. The number of ether oxygens (including phenoxy) is 3. The topological polar surface area (TPSA) is 60.9 Å². The van der Waals surface area contributed by atoms with Crippen LogP contribution >= 0.6 is 0 Å². The summed E-state index contributed by atoms with van der Waals surface area (Å²) in [5.41, 5.74) is 1.43. The van der Waals surface area contributed by atoms with Gasteiger partial charge in [0.1, 0.15) is 0 Å². The number of hydrogen-bond donors (Lipinski definition) is 0. The summed E-state index contributed by atoms with van der Waals surface area (Å²) >= 11 is 0. The number of nitrogens with zero attached hydrogens (tertiary/aromatic N) is 2. The van der Waals surface area contributed by atoms with Gasteiger partial charge in [-0.3, -0.25) is 9.78 Å². The summed E-state index contributed by atoms with van der Waals surface area (Å²) in [4.78, 5) is 19.4. The fourth-order valence-corrected chi connectivity index (χ4v) is 3.26. The molecule has 1 aromatic heterocycles. The predicted molar refractivity (Wildman–Crippen MR) is 93.3 cm³/mol. The van der Waals surface area contributed by atoms with Crippen molar-refractivity contribution in [1.82, 2.24) is 9.88 Å². The van der Waals surface area contributed by atoms with Crippen LogP contribution in [-0.2, 0) is 0 Å². The van der Waals surface area contributed by atoms with Gasteiger partial charge in [-0.25, -0.2) is 0 Å². The van der Waals surface area contributed by atoms with Gasteiger partial charge >= 0.3 is 0 Å². The van der Waals surface area contributed by atoms with Gasteiger partial charge in [0.2, 0.25) is 5.75 Å². The number of rotatable bonds is 5. The Morgan fingerprint density at radius 1 is 1.12 bits per heavy atom. The van der Waals surface area contributed by atoms with Crippen LogP contribution in [-0.4, -0.2) is 43.7 Å². The highest BCUT2D eigenvalue weighted by atomic mass is 16.5. The minimum Gasteiger partial charge on any atom is -0.493 e. The minimum atomic E-state index is -0.0626. The van der Waals surface area contributed by atoms with Crippen molar-refractivity contribution in [3.63, 3.8) is 0 Å².